The average Bonchev–Trinajstić information content (AvgIpc) is 2.68. The molecule has 2 aromatic carbocycles. The summed E-state index contributed by atoms with van der Waals surface area (Å²) < 4.78 is 0. The second kappa shape index (κ2) is 11.6. The molecule has 0 heterocycles. The van der Waals surface area contributed by atoms with E-state index >= 15 is 0 Å². The maximum absolute atomic E-state index is 12.6. The first-order chi connectivity index (χ1) is 13.9. The molecular weight excluding hydrogens is 382 g/mol. The van der Waals surface area contributed by atoms with Crippen LogP contribution in [-0.2, 0) is 9.59 Å². The molecule has 2 rings (SSSR count). The van der Waals surface area contributed by atoms with Crippen LogP contribution in [0.15, 0.2) is 59.5 Å². The Hall–Kier alpha value is -2.31. The van der Waals surface area contributed by atoms with Crippen LogP contribution in [0.2, 0.25) is 0 Å². The highest BCUT2D eigenvalue weighted by Crippen LogP contribution is 2.24. The minimum Gasteiger partial charge on any atom is -0.344 e. The molecule has 1 unspecified atom stereocenters. The Morgan fingerprint density at radius 3 is 2.24 bits per heavy atom. The fourth-order valence-electron chi connectivity index (χ4n) is 3.23. The molecule has 0 aromatic heterocycles. The highest BCUT2D eigenvalue weighted by Gasteiger charge is 2.20. The van der Waals surface area contributed by atoms with E-state index in [4.69, 9.17) is 0 Å². The summed E-state index contributed by atoms with van der Waals surface area (Å²) in [5.74, 6) is 0.320. The second-order valence-electron chi connectivity index (χ2n) is 7.72. The Kier molecular flexibility index (Phi) is 9.22. The van der Waals surface area contributed by atoms with Crippen molar-refractivity contribution in [3.63, 3.8) is 0 Å². The number of hydrogen-bond acceptors (Lipinski definition) is 3. The van der Waals surface area contributed by atoms with Crippen LogP contribution in [0.25, 0.3) is 0 Å². The van der Waals surface area contributed by atoms with Crippen molar-refractivity contribution in [2.45, 2.75) is 31.2 Å². The number of carbonyl (C=O) groups excluding carboxylic acids is 2. The fourth-order valence-corrected chi connectivity index (χ4v) is 3.79. The summed E-state index contributed by atoms with van der Waals surface area (Å²) >= 11 is 1.59. The third-order valence-corrected chi connectivity index (χ3v) is 5.35. The number of carbonyl (C=O) groups is 2. The van der Waals surface area contributed by atoms with Crippen LogP contribution in [0.1, 0.15) is 31.9 Å². The Morgan fingerprint density at radius 1 is 0.966 bits per heavy atom. The Balaban J connectivity index is 1.89. The zero-order valence-corrected chi connectivity index (χ0v) is 18.5. The predicted octanol–water partition coefficient (Wildman–Crippen LogP) is 2.77. The summed E-state index contributed by atoms with van der Waals surface area (Å²) in [6, 6.07) is 17.7. The highest BCUT2D eigenvalue weighted by atomic mass is 32.2. The van der Waals surface area contributed by atoms with E-state index in [1.54, 1.807) is 11.8 Å². The summed E-state index contributed by atoms with van der Waals surface area (Å²) in [5, 5.41) is 6.09. The fraction of sp³-hybridized carbons (Fsp3) is 0.391. The van der Waals surface area contributed by atoms with E-state index in [2.05, 4.69) is 24.5 Å². The van der Waals surface area contributed by atoms with Gasteiger partial charge < -0.3 is 15.5 Å². The zero-order chi connectivity index (χ0) is 21.2. The van der Waals surface area contributed by atoms with Crippen LogP contribution in [-0.4, -0.2) is 38.2 Å². The number of nitrogens with one attached hydrogen (secondary N) is 3. The smallest absolute Gasteiger partial charge is 0.279 e. The normalized spacial score (nSPS) is 13.0. The predicted molar refractivity (Wildman–Crippen MR) is 120 cm³/mol. The number of likely N-dealkylation sites (N-methyl/N-ethyl adjacent to an activating group) is 1. The molecule has 2 atom stereocenters. The van der Waals surface area contributed by atoms with E-state index in [-0.39, 0.29) is 30.9 Å². The largest absolute Gasteiger partial charge is 0.344 e. The SMILES string of the molecule is CSc1ccccc1NC(=O)C[NH+](C)CC(=O)N[C@H](CC(C)C)c1ccccc1. The van der Waals surface area contributed by atoms with Crippen LogP contribution in [0.5, 0.6) is 0 Å². The van der Waals surface area contributed by atoms with Gasteiger partial charge in [0.2, 0.25) is 0 Å². The molecule has 156 valence electrons. The molecule has 0 saturated carbocycles. The maximum Gasteiger partial charge on any atom is 0.279 e. The van der Waals surface area contributed by atoms with Gasteiger partial charge >= 0.3 is 0 Å². The van der Waals surface area contributed by atoms with Crippen LogP contribution in [0.3, 0.4) is 0 Å². The van der Waals surface area contributed by atoms with Crippen molar-refractivity contribution in [3.8, 4) is 0 Å². The lowest BCUT2D eigenvalue weighted by Gasteiger charge is -2.22. The molecular formula is C23H32N3O2S+. The molecule has 29 heavy (non-hydrogen) atoms. The minimum atomic E-state index is -0.0985. The molecule has 3 N–H and O–H groups in total. The third kappa shape index (κ3) is 7.91. The Bertz CT molecular complexity index is 796. The van der Waals surface area contributed by atoms with Gasteiger partial charge in [-0.1, -0.05) is 56.3 Å². The van der Waals surface area contributed by atoms with Crippen molar-refractivity contribution >= 4 is 29.3 Å². The van der Waals surface area contributed by atoms with Crippen molar-refractivity contribution in [2.75, 3.05) is 31.7 Å². The third-order valence-electron chi connectivity index (χ3n) is 4.55. The van der Waals surface area contributed by atoms with Gasteiger partial charge in [-0.15, -0.1) is 11.8 Å². The molecule has 2 aromatic rings. The molecule has 0 aliphatic carbocycles. The first kappa shape index (κ1) is 23.0. The molecule has 0 bridgehead atoms. The number of benzene rings is 2. The average molecular weight is 415 g/mol. The van der Waals surface area contributed by atoms with E-state index in [1.807, 2.05) is 67.9 Å². The second-order valence-corrected chi connectivity index (χ2v) is 8.57. The first-order valence-electron chi connectivity index (χ1n) is 9.97. The first-order valence-corrected chi connectivity index (χ1v) is 11.2. The lowest BCUT2D eigenvalue weighted by molar-refractivity contribution is -0.862. The van der Waals surface area contributed by atoms with Crippen molar-refractivity contribution < 1.29 is 14.5 Å². The zero-order valence-electron chi connectivity index (χ0n) is 17.7. The van der Waals surface area contributed by atoms with Gasteiger partial charge in [0.15, 0.2) is 13.1 Å². The number of para-hydroxylation sites is 1. The van der Waals surface area contributed by atoms with Gasteiger partial charge in [0.25, 0.3) is 11.8 Å². The lowest BCUT2D eigenvalue weighted by Crippen LogP contribution is -3.11. The molecule has 0 radical (unpaired) electrons. The minimum absolute atomic E-state index is 0.0150. The van der Waals surface area contributed by atoms with Crippen molar-refractivity contribution in [1.82, 2.24) is 5.32 Å². The summed E-state index contributed by atoms with van der Waals surface area (Å²) in [4.78, 5) is 26.8. The van der Waals surface area contributed by atoms with E-state index in [1.165, 1.54) is 0 Å². The quantitative estimate of drug-likeness (QED) is 0.524. The number of amides is 2. The van der Waals surface area contributed by atoms with Crippen molar-refractivity contribution in [3.05, 3.63) is 60.2 Å². The summed E-state index contributed by atoms with van der Waals surface area (Å²) in [7, 11) is 1.86. The van der Waals surface area contributed by atoms with Crippen LogP contribution in [0.4, 0.5) is 5.69 Å². The Labute approximate surface area is 178 Å². The van der Waals surface area contributed by atoms with Crippen LogP contribution >= 0.6 is 11.8 Å². The van der Waals surface area contributed by atoms with Gasteiger partial charge in [-0.2, -0.15) is 0 Å². The molecule has 0 aliphatic rings. The standard InChI is InChI=1S/C23H31N3O2S/c1-17(2)14-20(18-10-6-5-7-11-18)25-23(28)16-26(3)15-22(27)24-19-12-8-9-13-21(19)29-4/h5-13,17,20H,14-16H2,1-4H3,(H,24,27)(H,25,28)/p+1/t20-/m1/s1. The van der Waals surface area contributed by atoms with E-state index < -0.39 is 0 Å². The van der Waals surface area contributed by atoms with Crippen molar-refractivity contribution in [1.29, 1.82) is 0 Å². The molecule has 0 saturated heterocycles. The number of thioether (sulfide) groups is 1. The summed E-state index contributed by atoms with van der Waals surface area (Å²) in [5.41, 5.74) is 1.92. The van der Waals surface area contributed by atoms with Gasteiger partial charge in [0.1, 0.15) is 0 Å². The topological polar surface area (TPSA) is 62.6 Å². The van der Waals surface area contributed by atoms with E-state index in [0.29, 0.717) is 5.92 Å². The maximum atomic E-state index is 12.6. The number of quaternary nitrogens is 1. The number of anilines is 1. The summed E-state index contributed by atoms with van der Waals surface area (Å²) in [6.07, 6.45) is 2.85. The van der Waals surface area contributed by atoms with Gasteiger partial charge in [-0.25, -0.2) is 0 Å². The van der Waals surface area contributed by atoms with Gasteiger partial charge in [0.05, 0.1) is 18.8 Å². The monoisotopic (exact) mass is 414 g/mol. The van der Waals surface area contributed by atoms with E-state index in [0.717, 1.165) is 27.5 Å². The Morgan fingerprint density at radius 2 is 1.59 bits per heavy atom. The molecule has 0 aliphatic heterocycles. The van der Waals surface area contributed by atoms with Crippen LogP contribution in [0, 0.1) is 5.92 Å². The molecule has 0 fully saturated rings. The van der Waals surface area contributed by atoms with E-state index in [9.17, 15) is 9.59 Å². The molecule has 6 heteroatoms. The van der Waals surface area contributed by atoms with Gasteiger partial charge in [-0.3, -0.25) is 9.59 Å². The molecule has 2 amide bonds. The number of hydrogen-bond donors (Lipinski definition) is 3. The molecule has 0 spiro atoms. The van der Waals surface area contributed by atoms with Crippen LogP contribution < -0.4 is 15.5 Å². The van der Waals surface area contributed by atoms with Crippen molar-refractivity contribution in [2.24, 2.45) is 5.92 Å². The van der Waals surface area contributed by atoms with Gasteiger partial charge in [-0.05, 0) is 36.3 Å². The summed E-state index contributed by atoms with van der Waals surface area (Å²) in [6.45, 7) is 4.78. The lowest BCUT2D eigenvalue weighted by atomic mass is 9.97. The molecule has 5 nitrogen and oxygen atoms in total. The highest BCUT2D eigenvalue weighted by molar-refractivity contribution is 7.98. The number of rotatable bonds is 10. The van der Waals surface area contributed by atoms with Gasteiger partial charge in [0, 0.05) is 4.90 Å².